The summed E-state index contributed by atoms with van der Waals surface area (Å²) in [5.74, 6) is 0. The maximum Gasteiger partial charge on any atom is 0.0625 e. The summed E-state index contributed by atoms with van der Waals surface area (Å²) in [7, 11) is 0. The number of benzene rings is 1. The summed E-state index contributed by atoms with van der Waals surface area (Å²) in [5, 5.41) is 4.53. The van der Waals surface area contributed by atoms with Gasteiger partial charge in [0.15, 0.2) is 0 Å². The predicted octanol–water partition coefficient (Wildman–Crippen LogP) is 2.63. The summed E-state index contributed by atoms with van der Waals surface area (Å²) in [6.45, 7) is 7.17. The Morgan fingerprint density at radius 1 is 1.18 bits per heavy atom. The van der Waals surface area contributed by atoms with Gasteiger partial charge in [-0.1, -0.05) is 18.2 Å². The SMILES string of the molecule is Cc1nn(CCc2ccccc2N)c(C)c1C. The van der Waals surface area contributed by atoms with Gasteiger partial charge in [-0.3, -0.25) is 4.68 Å². The van der Waals surface area contributed by atoms with Crippen LogP contribution in [0.2, 0.25) is 0 Å². The van der Waals surface area contributed by atoms with Crippen LogP contribution in [0.15, 0.2) is 24.3 Å². The molecule has 0 aliphatic heterocycles. The Morgan fingerprint density at radius 2 is 1.88 bits per heavy atom. The first-order valence-corrected chi connectivity index (χ1v) is 5.93. The van der Waals surface area contributed by atoms with Gasteiger partial charge in [-0.2, -0.15) is 5.10 Å². The largest absolute Gasteiger partial charge is 0.399 e. The zero-order chi connectivity index (χ0) is 12.4. The van der Waals surface area contributed by atoms with Gasteiger partial charge < -0.3 is 5.73 Å². The first-order valence-electron chi connectivity index (χ1n) is 5.93. The standard InChI is InChI=1S/C14H19N3/c1-10-11(2)16-17(12(10)3)9-8-13-6-4-5-7-14(13)15/h4-7H,8-9,15H2,1-3H3. The van der Waals surface area contributed by atoms with Crippen LogP contribution in [0, 0.1) is 20.8 Å². The highest BCUT2D eigenvalue weighted by molar-refractivity contribution is 5.46. The summed E-state index contributed by atoms with van der Waals surface area (Å²) in [6.07, 6.45) is 0.925. The number of aromatic nitrogens is 2. The molecule has 90 valence electrons. The van der Waals surface area contributed by atoms with Crippen LogP contribution in [0.5, 0.6) is 0 Å². The maximum atomic E-state index is 5.93. The molecule has 0 radical (unpaired) electrons. The average molecular weight is 229 g/mol. The number of hydrogen-bond acceptors (Lipinski definition) is 2. The van der Waals surface area contributed by atoms with E-state index in [4.69, 9.17) is 5.73 Å². The third kappa shape index (κ3) is 2.33. The highest BCUT2D eigenvalue weighted by atomic mass is 15.3. The Morgan fingerprint density at radius 3 is 2.47 bits per heavy atom. The number of rotatable bonds is 3. The molecule has 0 amide bonds. The van der Waals surface area contributed by atoms with Crippen molar-refractivity contribution in [1.82, 2.24) is 9.78 Å². The first kappa shape index (κ1) is 11.7. The van der Waals surface area contributed by atoms with Gasteiger partial charge in [-0.15, -0.1) is 0 Å². The van der Waals surface area contributed by atoms with E-state index < -0.39 is 0 Å². The minimum absolute atomic E-state index is 0.866. The van der Waals surface area contributed by atoms with Crippen molar-refractivity contribution < 1.29 is 0 Å². The number of para-hydroxylation sites is 1. The van der Waals surface area contributed by atoms with E-state index in [2.05, 4.69) is 36.6 Å². The second-order valence-corrected chi connectivity index (χ2v) is 4.47. The van der Waals surface area contributed by atoms with Crippen molar-refractivity contribution in [2.75, 3.05) is 5.73 Å². The minimum atomic E-state index is 0.866. The molecule has 1 aromatic carbocycles. The molecule has 1 aromatic heterocycles. The Bertz CT molecular complexity index is 526. The molecular formula is C14H19N3. The average Bonchev–Trinajstić information content (AvgIpc) is 2.56. The van der Waals surface area contributed by atoms with Crippen LogP contribution in [-0.2, 0) is 13.0 Å². The number of hydrogen-bond donors (Lipinski definition) is 1. The van der Waals surface area contributed by atoms with Crippen LogP contribution in [0.4, 0.5) is 5.69 Å². The smallest absolute Gasteiger partial charge is 0.0625 e. The van der Waals surface area contributed by atoms with E-state index in [0.717, 1.165) is 24.3 Å². The molecular weight excluding hydrogens is 210 g/mol. The van der Waals surface area contributed by atoms with E-state index in [1.54, 1.807) is 0 Å². The zero-order valence-corrected chi connectivity index (χ0v) is 10.7. The molecule has 3 heteroatoms. The monoisotopic (exact) mass is 229 g/mol. The van der Waals surface area contributed by atoms with Crippen molar-refractivity contribution in [1.29, 1.82) is 0 Å². The predicted molar refractivity (Wildman–Crippen MR) is 71.0 cm³/mol. The molecule has 0 aliphatic rings. The molecule has 17 heavy (non-hydrogen) atoms. The molecule has 0 saturated carbocycles. The molecule has 0 fully saturated rings. The highest BCUT2D eigenvalue weighted by Crippen LogP contribution is 2.15. The molecule has 0 bridgehead atoms. The second kappa shape index (κ2) is 4.62. The highest BCUT2D eigenvalue weighted by Gasteiger charge is 2.07. The number of nitrogens with two attached hydrogens (primary N) is 1. The summed E-state index contributed by atoms with van der Waals surface area (Å²) < 4.78 is 2.07. The van der Waals surface area contributed by atoms with E-state index in [0.29, 0.717) is 0 Å². The van der Waals surface area contributed by atoms with Crippen molar-refractivity contribution in [2.24, 2.45) is 0 Å². The van der Waals surface area contributed by atoms with Crippen LogP contribution < -0.4 is 5.73 Å². The lowest BCUT2D eigenvalue weighted by atomic mass is 10.1. The molecule has 2 rings (SSSR count). The lowest BCUT2D eigenvalue weighted by molar-refractivity contribution is 0.594. The molecule has 2 N–H and O–H groups in total. The molecule has 1 heterocycles. The van der Waals surface area contributed by atoms with Gasteiger partial charge in [0.25, 0.3) is 0 Å². The Kier molecular flexibility index (Phi) is 3.18. The van der Waals surface area contributed by atoms with Crippen LogP contribution in [0.3, 0.4) is 0 Å². The number of aryl methyl sites for hydroxylation is 3. The van der Waals surface area contributed by atoms with E-state index in [9.17, 15) is 0 Å². The van der Waals surface area contributed by atoms with E-state index in [1.807, 2.05) is 18.2 Å². The van der Waals surface area contributed by atoms with Gasteiger partial charge in [0.2, 0.25) is 0 Å². The van der Waals surface area contributed by atoms with E-state index >= 15 is 0 Å². The topological polar surface area (TPSA) is 43.8 Å². The molecule has 0 saturated heterocycles. The number of nitrogens with zero attached hydrogens (tertiary/aromatic N) is 2. The van der Waals surface area contributed by atoms with Crippen molar-refractivity contribution in [3.05, 3.63) is 46.8 Å². The Hall–Kier alpha value is -1.77. The molecule has 0 unspecified atom stereocenters. The van der Waals surface area contributed by atoms with Gasteiger partial charge in [0.05, 0.1) is 5.69 Å². The van der Waals surface area contributed by atoms with Crippen LogP contribution in [0.1, 0.15) is 22.5 Å². The number of nitrogen functional groups attached to an aromatic ring is 1. The first-order chi connectivity index (χ1) is 8.09. The van der Waals surface area contributed by atoms with Crippen molar-refractivity contribution >= 4 is 5.69 Å². The van der Waals surface area contributed by atoms with Crippen molar-refractivity contribution in [2.45, 2.75) is 33.7 Å². The summed E-state index contributed by atoms with van der Waals surface area (Å²) in [6, 6.07) is 8.01. The third-order valence-electron chi connectivity index (χ3n) is 3.39. The van der Waals surface area contributed by atoms with Crippen LogP contribution in [0.25, 0.3) is 0 Å². The summed E-state index contributed by atoms with van der Waals surface area (Å²) in [5.41, 5.74) is 11.6. The van der Waals surface area contributed by atoms with Crippen LogP contribution >= 0.6 is 0 Å². The lowest BCUT2D eigenvalue weighted by Crippen LogP contribution is -2.06. The Labute approximate surface area is 102 Å². The van der Waals surface area contributed by atoms with Crippen LogP contribution in [-0.4, -0.2) is 9.78 Å². The fourth-order valence-corrected chi connectivity index (χ4v) is 1.99. The molecule has 3 nitrogen and oxygen atoms in total. The fraction of sp³-hybridized carbons (Fsp3) is 0.357. The van der Waals surface area contributed by atoms with E-state index in [1.165, 1.54) is 16.8 Å². The Balaban J connectivity index is 2.13. The normalized spacial score (nSPS) is 10.8. The van der Waals surface area contributed by atoms with Gasteiger partial charge in [-0.05, 0) is 44.4 Å². The van der Waals surface area contributed by atoms with E-state index in [-0.39, 0.29) is 0 Å². The quantitative estimate of drug-likeness (QED) is 0.822. The molecule has 0 spiro atoms. The van der Waals surface area contributed by atoms with Gasteiger partial charge in [0, 0.05) is 17.9 Å². The molecule has 0 aliphatic carbocycles. The van der Waals surface area contributed by atoms with Gasteiger partial charge >= 0.3 is 0 Å². The third-order valence-corrected chi connectivity index (χ3v) is 3.39. The van der Waals surface area contributed by atoms with Gasteiger partial charge in [0.1, 0.15) is 0 Å². The zero-order valence-electron chi connectivity index (χ0n) is 10.7. The fourth-order valence-electron chi connectivity index (χ4n) is 1.99. The van der Waals surface area contributed by atoms with Crippen molar-refractivity contribution in [3.8, 4) is 0 Å². The lowest BCUT2D eigenvalue weighted by Gasteiger charge is -2.07. The second-order valence-electron chi connectivity index (χ2n) is 4.47. The molecule has 0 atom stereocenters. The molecule has 2 aromatic rings. The van der Waals surface area contributed by atoms with Crippen molar-refractivity contribution in [3.63, 3.8) is 0 Å². The summed E-state index contributed by atoms with van der Waals surface area (Å²) >= 11 is 0. The number of anilines is 1. The maximum absolute atomic E-state index is 5.93. The van der Waals surface area contributed by atoms with Gasteiger partial charge in [-0.25, -0.2) is 0 Å². The summed E-state index contributed by atoms with van der Waals surface area (Å²) in [4.78, 5) is 0. The minimum Gasteiger partial charge on any atom is -0.399 e.